The van der Waals surface area contributed by atoms with Crippen molar-refractivity contribution in [2.24, 2.45) is 0 Å². The fraction of sp³-hybridized carbons (Fsp3) is 0.235. The zero-order chi connectivity index (χ0) is 14.5. The van der Waals surface area contributed by atoms with Crippen LogP contribution in [0.2, 0.25) is 0 Å². The first-order chi connectivity index (χ1) is 9.63. The van der Waals surface area contributed by atoms with Crippen molar-refractivity contribution in [1.82, 2.24) is 0 Å². The second kappa shape index (κ2) is 6.24. The van der Waals surface area contributed by atoms with Gasteiger partial charge in [0.2, 0.25) is 0 Å². The number of ether oxygens (including phenoxy) is 1. The first kappa shape index (κ1) is 14.1. The van der Waals surface area contributed by atoms with Gasteiger partial charge < -0.3 is 9.64 Å². The smallest absolute Gasteiger partial charge is 0.338 e. The Morgan fingerprint density at radius 3 is 2.60 bits per heavy atom. The summed E-state index contributed by atoms with van der Waals surface area (Å²) >= 11 is 0. The summed E-state index contributed by atoms with van der Waals surface area (Å²) in [5.41, 5.74) is 3.85. The van der Waals surface area contributed by atoms with E-state index < -0.39 is 0 Å². The maximum atomic E-state index is 11.8. The van der Waals surface area contributed by atoms with E-state index in [1.165, 1.54) is 5.56 Å². The third kappa shape index (κ3) is 2.99. The number of carbonyl (C=O) groups is 1. The number of aryl methyl sites for hydroxylation is 1. The zero-order valence-electron chi connectivity index (χ0n) is 12.1. The fourth-order valence-electron chi connectivity index (χ4n) is 2.13. The van der Waals surface area contributed by atoms with Crippen molar-refractivity contribution in [2.75, 3.05) is 18.6 Å². The molecule has 2 rings (SSSR count). The summed E-state index contributed by atoms with van der Waals surface area (Å²) in [7, 11) is 1.99. The molecule has 2 aromatic rings. The van der Waals surface area contributed by atoms with Crippen LogP contribution in [0.4, 0.5) is 11.4 Å². The third-order valence-corrected chi connectivity index (χ3v) is 3.22. The Hall–Kier alpha value is -2.29. The van der Waals surface area contributed by atoms with E-state index in [0.29, 0.717) is 12.2 Å². The molecule has 3 nitrogen and oxygen atoms in total. The van der Waals surface area contributed by atoms with Gasteiger partial charge in [0.1, 0.15) is 0 Å². The van der Waals surface area contributed by atoms with Gasteiger partial charge in [-0.05, 0) is 43.7 Å². The van der Waals surface area contributed by atoms with Crippen LogP contribution in [0.15, 0.2) is 48.5 Å². The molecule has 3 heteroatoms. The van der Waals surface area contributed by atoms with Crippen LogP contribution in [-0.2, 0) is 4.74 Å². The number of benzene rings is 2. The van der Waals surface area contributed by atoms with Gasteiger partial charge in [0.25, 0.3) is 0 Å². The van der Waals surface area contributed by atoms with Crippen LogP contribution < -0.4 is 4.90 Å². The Labute approximate surface area is 119 Å². The van der Waals surface area contributed by atoms with E-state index in [1.807, 2.05) is 37.4 Å². The van der Waals surface area contributed by atoms with Gasteiger partial charge in [0.05, 0.1) is 12.2 Å². The highest BCUT2D eigenvalue weighted by molar-refractivity contribution is 5.90. The van der Waals surface area contributed by atoms with Crippen molar-refractivity contribution in [1.29, 1.82) is 0 Å². The molecule has 0 unspecified atom stereocenters. The lowest BCUT2D eigenvalue weighted by atomic mass is 10.1. The molecule has 0 heterocycles. The molecule has 0 amide bonds. The van der Waals surface area contributed by atoms with Gasteiger partial charge in [0.15, 0.2) is 0 Å². The van der Waals surface area contributed by atoms with Gasteiger partial charge in [0, 0.05) is 18.4 Å². The SMILES string of the molecule is CCOC(=O)c1cccc(N(C)c2ccccc2C)c1. The molecule has 0 bridgehead atoms. The van der Waals surface area contributed by atoms with Gasteiger partial charge >= 0.3 is 5.97 Å². The molecule has 0 spiro atoms. The average molecular weight is 269 g/mol. The monoisotopic (exact) mass is 269 g/mol. The summed E-state index contributed by atoms with van der Waals surface area (Å²) < 4.78 is 5.03. The first-order valence-electron chi connectivity index (χ1n) is 6.70. The number of anilines is 2. The Morgan fingerprint density at radius 2 is 1.90 bits per heavy atom. The van der Waals surface area contributed by atoms with Crippen molar-refractivity contribution >= 4 is 17.3 Å². The molecule has 0 aliphatic carbocycles. The minimum absolute atomic E-state index is 0.285. The molecule has 20 heavy (non-hydrogen) atoms. The molecule has 0 aliphatic heterocycles. The van der Waals surface area contributed by atoms with Crippen LogP contribution >= 0.6 is 0 Å². The molecule has 104 valence electrons. The quantitative estimate of drug-likeness (QED) is 0.787. The second-order valence-electron chi connectivity index (χ2n) is 4.62. The van der Waals surface area contributed by atoms with E-state index in [2.05, 4.69) is 24.0 Å². The van der Waals surface area contributed by atoms with E-state index in [1.54, 1.807) is 13.0 Å². The minimum atomic E-state index is -0.285. The van der Waals surface area contributed by atoms with Crippen LogP contribution in [0, 0.1) is 6.92 Å². The molecule has 0 aromatic heterocycles. The number of para-hydroxylation sites is 1. The van der Waals surface area contributed by atoms with Crippen molar-refractivity contribution in [3.8, 4) is 0 Å². The number of nitrogens with zero attached hydrogens (tertiary/aromatic N) is 1. The molecular weight excluding hydrogens is 250 g/mol. The summed E-state index contributed by atoms with van der Waals surface area (Å²) in [4.78, 5) is 13.8. The van der Waals surface area contributed by atoms with E-state index >= 15 is 0 Å². The average Bonchev–Trinajstić information content (AvgIpc) is 2.47. The minimum Gasteiger partial charge on any atom is -0.462 e. The first-order valence-corrected chi connectivity index (χ1v) is 6.70. The summed E-state index contributed by atoms with van der Waals surface area (Å²) in [5, 5.41) is 0. The number of hydrogen-bond acceptors (Lipinski definition) is 3. The third-order valence-electron chi connectivity index (χ3n) is 3.22. The number of hydrogen-bond donors (Lipinski definition) is 0. The fourth-order valence-corrected chi connectivity index (χ4v) is 2.13. The molecular formula is C17H19NO2. The molecule has 2 aromatic carbocycles. The molecule has 0 aliphatic rings. The van der Waals surface area contributed by atoms with E-state index in [-0.39, 0.29) is 5.97 Å². The Kier molecular flexibility index (Phi) is 4.41. The lowest BCUT2D eigenvalue weighted by Gasteiger charge is -2.22. The van der Waals surface area contributed by atoms with Gasteiger partial charge in [-0.3, -0.25) is 0 Å². The van der Waals surface area contributed by atoms with Crippen molar-refractivity contribution in [3.05, 3.63) is 59.7 Å². The molecule has 0 radical (unpaired) electrons. The number of rotatable bonds is 4. The Balaban J connectivity index is 2.31. The maximum Gasteiger partial charge on any atom is 0.338 e. The van der Waals surface area contributed by atoms with Crippen LogP contribution in [0.5, 0.6) is 0 Å². The molecule has 0 saturated carbocycles. The normalized spacial score (nSPS) is 10.2. The lowest BCUT2D eigenvalue weighted by molar-refractivity contribution is 0.0526. The lowest BCUT2D eigenvalue weighted by Crippen LogP contribution is -2.12. The largest absolute Gasteiger partial charge is 0.462 e. The molecule has 0 fully saturated rings. The number of esters is 1. The summed E-state index contributed by atoms with van der Waals surface area (Å²) in [5.74, 6) is -0.285. The number of carbonyl (C=O) groups excluding carboxylic acids is 1. The van der Waals surface area contributed by atoms with Crippen molar-refractivity contribution in [2.45, 2.75) is 13.8 Å². The molecule has 0 saturated heterocycles. The predicted octanol–water partition coefficient (Wildman–Crippen LogP) is 3.94. The Bertz CT molecular complexity index is 607. The van der Waals surface area contributed by atoms with Gasteiger partial charge in [-0.1, -0.05) is 24.3 Å². The van der Waals surface area contributed by atoms with Crippen LogP contribution in [0.25, 0.3) is 0 Å². The predicted molar refractivity (Wildman–Crippen MR) is 81.6 cm³/mol. The summed E-state index contributed by atoms with van der Waals surface area (Å²) in [6.07, 6.45) is 0. The highest BCUT2D eigenvalue weighted by Gasteiger charge is 2.10. The highest BCUT2D eigenvalue weighted by atomic mass is 16.5. The van der Waals surface area contributed by atoms with Crippen LogP contribution in [0.3, 0.4) is 0 Å². The highest BCUT2D eigenvalue weighted by Crippen LogP contribution is 2.27. The van der Waals surface area contributed by atoms with E-state index in [4.69, 9.17) is 4.74 Å². The molecule has 0 atom stereocenters. The van der Waals surface area contributed by atoms with Gasteiger partial charge in [-0.15, -0.1) is 0 Å². The van der Waals surface area contributed by atoms with E-state index in [9.17, 15) is 4.79 Å². The molecule has 0 N–H and O–H groups in total. The van der Waals surface area contributed by atoms with Crippen molar-refractivity contribution < 1.29 is 9.53 Å². The topological polar surface area (TPSA) is 29.5 Å². The summed E-state index contributed by atoms with van der Waals surface area (Å²) in [6, 6.07) is 15.6. The summed E-state index contributed by atoms with van der Waals surface area (Å²) in [6.45, 7) is 4.26. The van der Waals surface area contributed by atoms with Gasteiger partial charge in [-0.2, -0.15) is 0 Å². The zero-order valence-corrected chi connectivity index (χ0v) is 12.1. The van der Waals surface area contributed by atoms with Gasteiger partial charge in [-0.25, -0.2) is 4.79 Å². The van der Waals surface area contributed by atoms with E-state index in [0.717, 1.165) is 11.4 Å². The van der Waals surface area contributed by atoms with Crippen LogP contribution in [-0.4, -0.2) is 19.6 Å². The second-order valence-corrected chi connectivity index (χ2v) is 4.62. The van der Waals surface area contributed by atoms with Crippen molar-refractivity contribution in [3.63, 3.8) is 0 Å². The Morgan fingerprint density at radius 1 is 1.15 bits per heavy atom. The van der Waals surface area contributed by atoms with Crippen LogP contribution in [0.1, 0.15) is 22.8 Å². The standard InChI is InChI=1S/C17H19NO2/c1-4-20-17(19)14-9-7-10-15(12-14)18(3)16-11-6-5-8-13(16)2/h5-12H,4H2,1-3H3. The maximum absolute atomic E-state index is 11.8.